The summed E-state index contributed by atoms with van der Waals surface area (Å²) in [6.07, 6.45) is -1.62. The number of ketones is 1. The summed E-state index contributed by atoms with van der Waals surface area (Å²) in [5, 5.41) is 33.1. The van der Waals surface area contributed by atoms with Crippen LogP contribution in [-0.4, -0.2) is 70.1 Å². The van der Waals surface area contributed by atoms with Crippen LogP contribution in [0.25, 0.3) is 0 Å². The third-order valence-corrected chi connectivity index (χ3v) is 8.86. The van der Waals surface area contributed by atoms with E-state index >= 15 is 0 Å². The van der Waals surface area contributed by atoms with E-state index in [1.165, 1.54) is 17.7 Å². The summed E-state index contributed by atoms with van der Waals surface area (Å²) in [5.74, 6) is 0.00869. The molecule has 1 saturated heterocycles. The summed E-state index contributed by atoms with van der Waals surface area (Å²) in [6.45, 7) is 4.07. The van der Waals surface area contributed by atoms with Gasteiger partial charge in [0.05, 0.1) is 30.8 Å². The molecule has 1 aliphatic rings. The lowest BCUT2D eigenvalue weighted by molar-refractivity contribution is -0.765. The average Bonchev–Trinajstić information content (AvgIpc) is 3.22. The van der Waals surface area contributed by atoms with Gasteiger partial charge in [-0.25, -0.2) is 9.65 Å². The van der Waals surface area contributed by atoms with Gasteiger partial charge in [0.2, 0.25) is 0 Å². The predicted octanol–water partition coefficient (Wildman–Crippen LogP) is 2.01. The Bertz CT molecular complexity index is 1170. The molecule has 0 aliphatic carbocycles. The number of Topliss-reactive ketones (excluding diaryl/α,β-unsaturated/α-hetero) is 1. The second-order valence-corrected chi connectivity index (χ2v) is 12.7. The van der Waals surface area contributed by atoms with Crippen LogP contribution in [0.5, 0.6) is 0 Å². The number of aliphatic hydroxyl groups is 3. The van der Waals surface area contributed by atoms with E-state index < -0.39 is 37.7 Å². The Morgan fingerprint density at radius 2 is 1.85 bits per heavy atom. The molecule has 4 N–H and O–H groups in total. The number of thioether (sulfide) groups is 1. The first-order valence-electron chi connectivity index (χ1n) is 12.5. The summed E-state index contributed by atoms with van der Waals surface area (Å²) in [6, 6.07) is 12.4. The number of rotatable bonds is 14. The maximum absolute atomic E-state index is 13.6. The Labute approximate surface area is 232 Å². The Morgan fingerprint density at radius 1 is 1.13 bits per heavy atom. The zero-order valence-electron chi connectivity index (χ0n) is 22.1. The zero-order chi connectivity index (χ0) is 28.6. The van der Waals surface area contributed by atoms with Gasteiger partial charge in [-0.05, 0) is 32.4 Å². The summed E-state index contributed by atoms with van der Waals surface area (Å²) < 4.78 is 32.1. The molecular formula is C26H36N2O9PS+. The van der Waals surface area contributed by atoms with Crippen molar-refractivity contribution in [3.63, 3.8) is 0 Å². The van der Waals surface area contributed by atoms with E-state index in [0.29, 0.717) is 5.56 Å². The van der Waals surface area contributed by atoms with Gasteiger partial charge in [0, 0.05) is 18.4 Å². The highest BCUT2D eigenvalue weighted by Gasteiger charge is 2.49. The van der Waals surface area contributed by atoms with Gasteiger partial charge in [-0.15, -0.1) is 0 Å². The zero-order valence-corrected chi connectivity index (χ0v) is 23.8. The van der Waals surface area contributed by atoms with Crippen LogP contribution >= 0.6 is 19.5 Å². The van der Waals surface area contributed by atoms with Crippen LogP contribution in [0.15, 0.2) is 54.9 Å². The number of carbonyl (C=O) groups excluding carboxylic acids is 2. The number of hydrogen-bond acceptors (Lipinski definition) is 10. The number of aliphatic hydroxyl groups excluding tert-OH is 3. The molecule has 2 heterocycles. The van der Waals surface area contributed by atoms with Gasteiger partial charge in [-0.3, -0.25) is 18.6 Å². The van der Waals surface area contributed by atoms with E-state index in [0.717, 1.165) is 17.3 Å². The highest BCUT2D eigenvalue weighted by atomic mass is 32.2. The molecule has 3 rings (SSSR count). The van der Waals surface area contributed by atoms with E-state index in [-0.39, 0.29) is 43.0 Å². The molecule has 214 valence electrons. The highest BCUT2D eigenvalue weighted by Crippen LogP contribution is 2.45. The molecule has 13 heteroatoms. The molecule has 0 bridgehead atoms. The lowest BCUT2D eigenvalue weighted by Gasteiger charge is -2.22. The fourth-order valence-corrected chi connectivity index (χ4v) is 5.85. The number of carbonyl (C=O) groups is 2. The largest absolute Gasteiger partial charge is 0.405 e. The van der Waals surface area contributed by atoms with Crippen LogP contribution in [0.4, 0.5) is 0 Å². The van der Waals surface area contributed by atoms with Crippen LogP contribution in [-0.2, 0) is 29.7 Å². The molecule has 2 aromatic rings. The van der Waals surface area contributed by atoms with Crippen molar-refractivity contribution in [3.8, 4) is 0 Å². The number of hydrogen-bond donors (Lipinski definition) is 4. The van der Waals surface area contributed by atoms with Crippen LogP contribution in [0.2, 0.25) is 0 Å². The lowest BCUT2D eigenvalue weighted by atomic mass is 9.97. The van der Waals surface area contributed by atoms with E-state index in [1.807, 2.05) is 30.3 Å². The maximum atomic E-state index is 13.6. The number of aromatic nitrogens is 1. The van der Waals surface area contributed by atoms with Gasteiger partial charge in [-0.1, -0.05) is 42.1 Å². The first kappa shape index (κ1) is 31.5. The summed E-state index contributed by atoms with van der Waals surface area (Å²) in [7, 11) is -3.95. The molecule has 0 amide bonds. The Morgan fingerprint density at radius 3 is 2.51 bits per heavy atom. The first-order chi connectivity index (χ1) is 18.5. The molecule has 2 unspecified atom stereocenters. The van der Waals surface area contributed by atoms with Crippen molar-refractivity contribution in [1.82, 2.24) is 5.09 Å². The van der Waals surface area contributed by atoms with Gasteiger partial charge in [0.15, 0.2) is 29.4 Å². The first-order valence-corrected chi connectivity index (χ1v) is 15.0. The van der Waals surface area contributed by atoms with Crippen LogP contribution in [0, 0.1) is 5.41 Å². The molecule has 0 spiro atoms. The highest BCUT2D eigenvalue weighted by molar-refractivity contribution is 8.13. The van der Waals surface area contributed by atoms with Crippen molar-refractivity contribution >= 4 is 30.4 Å². The predicted molar refractivity (Wildman–Crippen MR) is 144 cm³/mol. The molecule has 1 aromatic heterocycles. The van der Waals surface area contributed by atoms with Crippen molar-refractivity contribution in [1.29, 1.82) is 0 Å². The standard InChI is InChI=1S/C26H36N2O9PS/c1-18(30)20-10-7-11-28(15-20)24-23(32)22(31)21(37-24)16-36-38(34,27-14-19-8-5-4-6-9-19)35-12-13-39-25(33)26(2,3)17-29/h4-11,15,21-24,29,31-32H,12-14,16-17H2,1-3H3,(H,27,34)/q+1/t21-,22?,23+,24-,38?/m1/s1. The van der Waals surface area contributed by atoms with Crippen LogP contribution in [0.3, 0.4) is 0 Å². The van der Waals surface area contributed by atoms with E-state index in [4.69, 9.17) is 13.8 Å². The SMILES string of the molecule is CC(=O)c1ccc[n+]([C@@H]2O[C@H](COP(=O)(NCc3ccccc3)OCCSC(=O)C(C)(C)CO)C(O)[C@@H]2O)c1. The summed E-state index contributed by atoms with van der Waals surface area (Å²) in [4.78, 5) is 24.0. The second-order valence-electron chi connectivity index (χ2n) is 9.77. The monoisotopic (exact) mass is 583 g/mol. The molecule has 1 aliphatic heterocycles. The van der Waals surface area contributed by atoms with Gasteiger partial charge in [-0.2, -0.15) is 4.57 Å². The minimum absolute atomic E-state index is 0.0933. The van der Waals surface area contributed by atoms with E-state index in [1.54, 1.807) is 32.2 Å². The minimum atomic E-state index is -3.95. The van der Waals surface area contributed by atoms with Crippen molar-refractivity contribution < 1.29 is 47.8 Å². The molecule has 5 atom stereocenters. The third kappa shape index (κ3) is 8.75. The Hall–Kier alpha value is -1.99. The smallest absolute Gasteiger partial charge is 0.395 e. The van der Waals surface area contributed by atoms with Crippen molar-refractivity contribution in [2.75, 3.05) is 25.6 Å². The van der Waals surface area contributed by atoms with Gasteiger partial charge >= 0.3 is 7.75 Å². The molecular weight excluding hydrogens is 547 g/mol. The Balaban J connectivity index is 1.64. The Kier molecular flexibility index (Phi) is 11.4. The maximum Gasteiger partial charge on any atom is 0.405 e. The molecule has 0 saturated carbocycles. The summed E-state index contributed by atoms with van der Waals surface area (Å²) in [5.41, 5.74) is 0.323. The van der Waals surface area contributed by atoms with Crippen molar-refractivity contribution in [2.24, 2.45) is 5.41 Å². The molecule has 11 nitrogen and oxygen atoms in total. The average molecular weight is 584 g/mol. The van der Waals surface area contributed by atoms with Crippen LogP contribution in [0.1, 0.15) is 42.9 Å². The number of nitrogens with one attached hydrogen (secondary N) is 1. The van der Waals surface area contributed by atoms with Crippen LogP contribution < -0.4 is 9.65 Å². The van der Waals surface area contributed by atoms with E-state index in [2.05, 4.69) is 5.09 Å². The van der Waals surface area contributed by atoms with Crippen molar-refractivity contribution in [2.45, 2.75) is 51.9 Å². The van der Waals surface area contributed by atoms with E-state index in [9.17, 15) is 29.5 Å². The minimum Gasteiger partial charge on any atom is -0.395 e. The van der Waals surface area contributed by atoms with Gasteiger partial charge < -0.3 is 20.1 Å². The quantitative estimate of drug-likeness (QED) is 0.112. The molecule has 0 radical (unpaired) electrons. The van der Waals surface area contributed by atoms with Gasteiger partial charge in [0.25, 0.3) is 6.23 Å². The number of nitrogens with zero attached hydrogens (tertiary/aromatic N) is 1. The number of ether oxygens (including phenoxy) is 1. The second kappa shape index (κ2) is 14.1. The fourth-order valence-electron chi connectivity index (χ4n) is 3.61. The molecule has 1 fully saturated rings. The number of pyridine rings is 1. The van der Waals surface area contributed by atoms with Crippen molar-refractivity contribution in [3.05, 3.63) is 66.0 Å². The third-order valence-electron chi connectivity index (χ3n) is 6.11. The summed E-state index contributed by atoms with van der Waals surface area (Å²) >= 11 is 0.955. The topological polar surface area (TPSA) is 156 Å². The lowest BCUT2D eigenvalue weighted by Crippen LogP contribution is -2.46. The van der Waals surface area contributed by atoms with Gasteiger partial charge in [0.1, 0.15) is 12.2 Å². The molecule has 39 heavy (non-hydrogen) atoms. The molecule has 1 aromatic carbocycles. The number of benzene rings is 1. The fraction of sp³-hybridized carbons (Fsp3) is 0.500. The normalized spacial score (nSPS) is 22.9.